The van der Waals surface area contributed by atoms with Crippen LogP contribution in [0.3, 0.4) is 0 Å². The van der Waals surface area contributed by atoms with E-state index in [0.717, 1.165) is 6.29 Å². The number of carbonyl (C=O) groups is 2. The summed E-state index contributed by atoms with van der Waals surface area (Å²) in [7, 11) is 1.50. The minimum absolute atomic E-state index is 0.463. The van der Waals surface area contributed by atoms with Gasteiger partial charge in [-0.25, -0.2) is 4.79 Å². The first-order valence-corrected chi connectivity index (χ1v) is 5.90. The topological polar surface area (TPSA) is 64.6 Å². The van der Waals surface area contributed by atoms with Crippen molar-refractivity contribution < 1.29 is 19.1 Å². The van der Waals surface area contributed by atoms with E-state index in [2.05, 4.69) is 5.32 Å². The van der Waals surface area contributed by atoms with E-state index < -0.39 is 11.7 Å². The molecular formula is C14H19NO4. The van der Waals surface area contributed by atoms with Crippen LogP contribution in [0, 0.1) is 6.92 Å². The monoisotopic (exact) mass is 265 g/mol. The number of methoxy groups -OCH3 is 1. The minimum Gasteiger partial charge on any atom is -0.497 e. The number of benzene rings is 1. The molecule has 0 heterocycles. The molecule has 0 aliphatic carbocycles. The van der Waals surface area contributed by atoms with Gasteiger partial charge in [-0.1, -0.05) is 0 Å². The minimum atomic E-state index is -0.579. The van der Waals surface area contributed by atoms with Gasteiger partial charge in [0.05, 0.1) is 12.8 Å². The van der Waals surface area contributed by atoms with E-state index in [4.69, 9.17) is 9.47 Å². The molecule has 1 rings (SSSR count). The summed E-state index contributed by atoms with van der Waals surface area (Å²) < 4.78 is 10.2. The van der Waals surface area contributed by atoms with Gasteiger partial charge in [0.1, 0.15) is 11.4 Å². The Morgan fingerprint density at radius 3 is 2.42 bits per heavy atom. The molecular weight excluding hydrogens is 246 g/mol. The summed E-state index contributed by atoms with van der Waals surface area (Å²) >= 11 is 0. The van der Waals surface area contributed by atoms with Gasteiger partial charge in [-0.3, -0.25) is 10.1 Å². The maximum absolute atomic E-state index is 11.7. The normalized spacial score (nSPS) is 10.8. The Bertz CT molecular complexity index is 489. The average molecular weight is 265 g/mol. The molecule has 1 amide bonds. The Morgan fingerprint density at radius 2 is 1.95 bits per heavy atom. The number of amides is 1. The smallest absolute Gasteiger partial charge is 0.412 e. The number of ether oxygens (including phenoxy) is 2. The van der Waals surface area contributed by atoms with E-state index in [-0.39, 0.29) is 0 Å². The van der Waals surface area contributed by atoms with Gasteiger partial charge >= 0.3 is 6.09 Å². The molecule has 0 spiro atoms. The fourth-order valence-electron chi connectivity index (χ4n) is 1.49. The lowest BCUT2D eigenvalue weighted by Crippen LogP contribution is -2.27. The van der Waals surface area contributed by atoms with Crippen LogP contribution in [0.25, 0.3) is 0 Å². The molecule has 5 nitrogen and oxygen atoms in total. The van der Waals surface area contributed by atoms with Crippen molar-refractivity contribution in [3.63, 3.8) is 0 Å². The fraction of sp³-hybridized carbons (Fsp3) is 0.429. The first kappa shape index (κ1) is 15.0. The molecule has 0 atom stereocenters. The Hall–Kier alpha value is -2.04. The summed E-state index contributed by atoms with van der Waals surface area (Å²) in [6.45, 7) is 7.08. The number of carbonyl (C=O) groups excluding carboxylic acids is 2. The zero-order valence-electron chi connectivity index (χ0n) is 11.9. The zero-order valence-corrected chi connectivity index (χ0v) is 11.9. The highest BCUT2D eigenvalue weighted by Crippen LogP contribution is 2.25. The molecule has 0 fully saturated rings. The van der Waals surface area contributed by atoms with Crippen molar-refractivity contribution in [1.82, 2.24) is 0 Å². The Balaban J connectivity index is 3.00. The van der Waals surface area contributed by atoms with Crippen LogP contribution < -0.4 is 10.1 Å². The van der Waals surface area contributed by atoms with Crippen molar-refractivity contribution in [3.8, 4) is 5.75 Å². The van der Waals surface area contributed by atoms with Crippen LogP contribution >= 0.6 is 0 Å². The molecule has 104 valence electrons. The predicted molar refractivity (Wildman–Crippen MR) is 73.0 cm³/mol. The van der Waals surface area contributed by atoms with Gasteiger partial charge < -0.3 is 9.47 Å². The summed E-state index contributed by atoms with van der Waals surface area (Å²) in [6.07, 6.45) is 0.152. The van der Waals surface area contributed by atoms with Gasteiger partial charge in [0, 0.05) is 11.6 Å². The van der Waals surface area contributed by atoms with Crippen molar-refractivity contribution in [1.29, 1.82) is 0 Å². The fourth-order valence-corrected chi connectivity index (χ4v) is 1.49. The summed E-state index contributed by atoms with van der Waals surface area (Å²) in [6, 6.07) is 3.26. The number of aldehydes is 1. The van der Waals surface area contributed by atoms with Gasteiger partial charge in [-0.15, -0.1) is 0 Å². The molecule has 19 heavy (non-hydrogen) atoms. The van der Waals surface area contributed by atoms with Crippen molar-refractivity contribution in [3.05, 3.63) is 23.3 Å². The molecule has 0 unspecified atom stereocenters. The summed E-state index contributed by atoms with van der Waals surface area (Å²) in [5, 5.41) is 2.62. The van der Waals surface area contributed by atoms with E-state index >= 15 is 0 Å². The highest BCUT2D eigenvalue weighted by Gasteiger charge is 2.17. The van der Waals surface area contributed by atoms with E-state index in [1.54, 1.807) is 39.8 Å². The van der Waals surface area contributed by atoms with E-state index in [9.17, 15) is 9.59 Å². The zero-order chi connectivity index (χ0) is 14.6. The third kappa shape index (κ3) is 4.28. The van der Waals surface area contributed by atoms with E-state index in [1.807, 2.05) is 0 Å². The largest absolute Gasteiger partial charge is 0.497 e. The molecule has 5 heteroatoms. The van der Waals surface area contributed by atoms with Crippen LogP contribution in [-0.4, -0.2) is 25.1 Å². The van der Waals surface area contributed by atoms with Gasteiger partial charge in [-0.2, -0.15) is 0 Å². The lowest BCUT2D eigenvalue weighted by Gasteiger charge is -2.20. The van der Waals surface area contributed by atoms with Gasteiger partial charge in [0.15, 0.2) is 6.29 Å². The number of nitrogens with one attached hydrogen (secondary N) is 1. The average Bonchev–Trinajstić information content (AvgIpc) is 2.29. The van der Waals surface area contributed by atoms with E-state index in [0.29, 0.717) is 22.6 Å². The Kier molecular flexibility index (Phi) is 4.53. The third-order valence-electron chi connectivity index (χ3n) is 2.42. The molecule has 1 aromatic rings. The quantitative estimate of drug-likeness (QED) is 0.852. The molecule has 0 aromatic heterocycles. The van der Waals surface area contributed by atoms with Crippen LogP contribution in [-0.2, 0) is 4.74 Å². The van der Waals surface area contributed by atoms with Crippen LogP contribution in [0.4, 0.5) is 10.5 Å². The molecule has 1 aromatic carbocycles. The molecule has 0 aliphatic heterocycles. The maximum Gasteiger partial charge on any atom is 0.412 e. The molecule has 0 bridgehead atoms. The summed E-state index contributed by atoms with van der Waals surface area (Å²) in [5.74, 6) is 0.499. The van der Waals surface area contributed by atoms with Crippen molar-refractivity contribution in [2.24, 2.45) is 0 Å². The second kappa shape index (κ2) is 5.73. The van der Waals surface area contributed by atoms with E-state index in [1.165, 1.54) is 7.11 Å². The second-order valence-corrected chi connectivity index (χ2v) is 5.13. The van der Waals surface area contributed by atoms with Gasteiger partial charge in [-0.05, 0) is 39.3 Å². The number of anilines is 1. The molecule has 0 aliphatic rings. The number of rotatable bonds is 3. The van der Waals surface area contributed by atoms with Gasteiger partial charge in [0.25, 0.3) is 0 Å². The van der Waals surface area contributed by atoms with Crippen LogP contribution in [0.5, 0.6) is 5.75 Å². The summed E-state index contributed by atoms with van der Waals surface area (Å²) in [4.78, 5) is 22.7. The number of hydrogen-bond acceptors (Lipinski definition) is 4. The SMILES string of the molecule is COc1cc(C=O)c(C)c(NC(=O)OC(C)(C)C)c1. The van der Waals surface area contributed by atoms with Crippen molar-refractivity contribution in [2.75, 3.05) is 12.4 Å². The Labute approximate surface area is 112 Å². The number of hydrogen-bond donors (Lipinski definition) is 1. The maximum atomic E-state index is 11.7. The lowest BCUT2D eigenvalue weighted by molar-refractivity contribution is 0.0635. The molecule has 1 N–H and O–H groups in total. The molecule has 0 radical (unpaired) electrons. The Morgan fingerprint density at radius 1 is 1.32 bits per heavy atom. The van der Waals surface area contributed by atoms with Crippen LogP contribution in [0.2, 0.25) is 0 Å². The lowest BCUT2D eigenvalue weighted by atomic mass is 10.1. The van der Waals surface area contributed by atoms with Crippen molar-refractivity contribution in [2.45, 2.75) is 33.3 Å². The summed E-state index contributed by atoms with van der Waals surface area (Å²) in [5.41, 5.74) is 1.05. The standard InChI is InChI=1S/C14H19NO4/c1-9-10(8-16)6-11(18-5)7-12(9)15-13(17)19-14(2,3)4/h6-8H,1-5H3,(H,15,17). The first-order chi connectivity index (χ1) is 8.76. The highest BCUT2D eigenvalue weighted by atomic mass is 16.6. The molecule has 0 saturated carbocycles. The molecule has 0 saturated heterocycles. The van der Waals surface area contributed by atoms with Crippen LogP contribution in [0.1, 0.15) is 36.7 Å². The van der Waals surface area contributed by atoms with Gasteiger partial charge in [0.2, 0.25) is 0 Å². The van der Waals surface area contributed by atoms with Crippen LogP contribution in [0.15, 0.2) is 12.1 Å². The first-order valence-electron chi connectivity index (χ1n) is 5.90. The van der Waals surface area contributed by atoms with Crippen molar-refractivity contribution >= 4 is 18.1 Å². The highest BCUT2D eigenvalue weighted by molar-refractivity contribution is 5.90. The third-order valence-corrected chi connectivity index (χ3v) is 2.42. The second-order valence-electron chi connectivity index (χ2n) is 5.13. The predicted octanol–water partition coefficient (Wildman–Crippen LogP) is 3.16.